The van der Waals surface area contributed by atoms with Crippen LogP contribution < -0.4 is 10.5 Å². The van der Waals surface area contributed by atoms with Gasteiger partial charge in [-0.05, 0) is 25.1 Å². The predicted octanol–water partition coefficient (Wildman–Crippen LogP) is 2.10. The Kier molecular flexibility index (Phi) is 4.23. The zero-order chi connectivity index (χ0) is 11.5. The fourth-order valence-corrected chi connectivity index (χ4v) is 1.49. The minimum absolute atomic E-state index is 0. The molecule has 1 unspecified atom stereocenters. The topological polar surface area (TPSA) is 83.6 Å². The normalized spacial score (nSPS) is 13.1. The Morgan fingerprint density at radius 3 is 2.94 bits per heavy atom. The first-order chi connectivity index (χ1) is 7.72. The van der Waals surface area contributed by atoms with E-state index in [9.17, 15) is 0 Å². The van der Waals surface area contributed by atoms with E-state index in [4.69, 9.17) is 15.7 Å². The third-order valence-corrected chi connectivity index (χ3v) is 2.39. The molecule has 0 aliphatic carbocycles. The van der Waals surface area contributed by atoms with E-state index in [-0.39, 0.29) is 18.2 Å². The van der Waals surface area contributed by atoms with E-state index >= 15 is 0 Å². The lowest BCUT2D eigenvalue weighted by atomic mass is 10.2. The summed E-state index contributed by atoms with van der Waals surface area (Å²) in [4.78, 5) is 3.09. The second-order valence-corrected chi connectivity index (χ2v) is 3.48. The van der Waals surface area contributed by atoms with Gasteiger partial charge in [0.1, 0.15) is 5.75 Å². The van der Waals surface area contributed by atoms with Crippen LogP contribution in [-0.4, -0.2) is 22.1 Å². The highest BCUT2D eigenvalue weighted by Crippen LogP contribution is 2.25. The molecule has 0 aliphatic rings. The fourth-order valence-electron chi connectivity index (χ4n) is 1.49. The largest absolute Gasteiger partial charge is 0.482 e. The molecule has 1 aromatic carbocycles. The molecular weight excluding hydrogens is 242 g/mol. The van der Waals surface area contributed by atoms with Gasteiger partial charge in [-0.2, -0.15) is 0 Å². The van der Waals surface area contributed by atoms with Crippen molar-refractivity contribution >= 4 is 29.1 Å². The molecule has 1 atom stereocenters. The highest BCUT2D eigenvalue weighted by atomic mass is 35.5. The molecule has 6 heteroatoms. The molecule has 2 rings (SSSR count). The first-order valence-corrected chi connectivity index (χ1v) is 4.92. The summed E-state index contributed by atoms with van der Waals surface area (Å²) in [5.74, 6) is 0.755. The van der Waals surface area contributed by atoms with Crippen molar-refractivity contribution in [3.63, 3.8) is 0 Å². The van der Waals surface area contributed by atoms with Crippen LogP contribution in [0.4, 0.5) is 0 Å². The van der Waals surface area contributed by atoms with E-state index in [0.717, 1.165) is 10.9 Å². The van der Waals surface area contributed by atoms with Gasteiger partial charge in [-0.3, -0.25) is 0 Å². The zero-order valence-electron chi connectivity index (χ0n) is 9.25. The van der Waals surface area contributed by atoms with E-state index < -0.39 is 6.10 Å². The van der Waals surface area contributed by atoms with Crippen molar-refractivity contribution in [3.05, 3.63) is 30.5 Å². The predicted molar refractivity (Wildman–Crippen MR) is 69.0 cm³/mol. The van der Waals surface area contributed by atoms with Crippen molar-refractivity contribution in [1.29, 1.82) is 0 Å². The molecule has 2 aromatic rings. The standard InChI is InChI=1S/C11H13N3O2.ClH/c1-7(11(12)14-15)16-10-4-2-3-9-8(10)5-6-13-9;/h2-7,13,15H,1H3,(H2,12,14);1H. The molecule has 0 saturated carbocycles. The summed E-state index contributed by atoms with van der Waals surface area (Å²) in [6.07, 6.45) is 1.37. The SMILES string of the molecule is CC(Oc1cccc2[nH]ccc12)/C(N)=N\O.Cl. The molecule has 1 heterocycles. The van der Waals surface area contributed by atoms with Gasteiger partial charge < -0.3 is 20.7 Å². The number of hydrogen-bond donors (Lipinski definition) is 3. The molecule has 0 aliphatic heterocycles. The van der Waals surface area contributed by atoms with Crippen LogP contribution in [-0.2, 0) is 0 Å². The number of ether oxygens (including phenoxy) is 1. The average Bonchev–Trinajstić information content (AvgIpc) is 2.77. The van der Waals surface area contributed by atoms with Crippen LogP contribution in [0.2, 0.25) is 0 Å². The smallest absolute Gasteiger partial charge is 0.180 e. The van der Waals surface area contributed by atoms with E-state index in [2.05, 4.69) is 10.1 Å². The average molecular weight is 256 g/mol. The summed E-state index contributed by atoms with van der Waals surface area (Å²) in [6.45, 7) is 1.72. The number of benzene rings is 1. The highest BCUT2D eigenvalue weighted by molar-refractivity contribution is 5.87. The van der Waals surface area contributed by atoms with Crippen LogP contribution in [0.5, 0.6) is 5.75 Å². The number of aromatic amines is 1. The molecule has 5 nitrogen and oxygen atoms in total. The molecule has 1 aromatic heterocycles. The molecule has 0 saturated heterocycles. The summed E-state index contributed by atoms with van der Waals surface area (Å²) >= 11 is 0. The van der Waals surface area contributed by atoms with Crippen molar-refractivity contribution in [2.75, 3.05) is 0 Å². The number of oxime groups is 1. The molecular formula is C11H14ClN3O2. The maximum atomic E-state index is 8.53. The first kappa shape index (κ1) is 13.2. The number of nitrogens with two attached hydrogens (primary N) is 1. The molecule has 0 amide bonds. The van der Waals surface area contributed by atoms with Gasteiger partial charge in [-0.1, -0.05) is 11.2 Å². The van der Waals surface area contributed by atoms with Gasteiger partial charge in [0.2, 0.25) is 0 Å². The van der Waals surface area contributed by atoms with Crippen molar-refractivity contribution < 1.29 is 9.94 Å². The van der Waals surface area contributed by atoms with Crippen LogP contribution in [0.3, 0.4) is 0 Å². The van der Waals surface area contributed by atoms with Crippen molar-refractivity contribution in [2.24, 2.45) is 10.9 Å². The van der Waals surface area contributed by atoms with Gasteiger partial charge in [-0.15, -0.1) is 12.4 Å². The fraction of sp³-hybridized carbons (Fsp3) is 0.182. The Morgan fingerprint density at radius 2 is 2.24 bits per heavy atom. The summed E-state index contributed by atoms with van der Waals surface area (Å²) in [6, 6.07) is 7.60. The third-order valence-electron chi connectivity index (χ3n) is 2.39. The number of halogens is 1. The lowest BCUT2D eigenvalue weighted by Crippen LogP contribution is -2.31. The zero-order valence-corrected chi connectivity index (χ0v) is 10.1. The number of fused-ring (bicyclic) bond motifs is 1. The minimum atomic E-state index is -0.467. The summed E-state index contributed by atoms with van der Waals surface area (Å²) in [5, 5.41) is 12.4. The molecule has 17 heavy (non-hydrogen) atoms. The third kappa shape index (κ3) is 2.62. The van der Waals surface area contributed by atoms with Crippen molar-refractivity contribution in [1.82, 2.24) is 4.98 Å². The Bertz CT molecular complexity index is 524. The highest BCUT2D eigenvalue weighted by Gasteiger charge is 2.11. The quantitative estimate of drug-likeness (QED) is 0.340. The number of rotatable bonds is 3. The molecule has 0 radical (unpaired) electrons. The number of hydrogen-bond acceptors (Lipinski definition) is 3. The van der Waals surface area contributed by atoms with Gasteiger partial charge in [0.15, 0.2) is 11.9 Å². The van der Waals surface area contributed by atoms with Crippen LogP contribution >= 0.6 is 12.4 Å². The summed E-state index contributed by atoms with van der Waals surface area (Å²) < 4.78 is 5.60. The minimum Gasteiger partial charge on any atom is -0.482 e. The molecule has 4 N–H and O–H groups in total. The summed E-state index contributed by atoms with van der Waals surface area (Å²) in [5.41, 5.74) is 6.44. The first-order valence-electron chi connectivity index (χ1n) is 4.92. The molecule has 0 spiro atoms. The van der Waals surface area contributed by atoms with Crippen LogP contribution in [0.1, 0.15) is 6.92 Å². The van der Waals surface area contributed by atoms with E-state index in [1.165, 1.54) is 0 Å². The van der Waals surface area contributed by atoms with E-state index in [1.54, 1.807) is 6.92 Å². The Labute approximate surface area is 105 Å². The van der Waals surface area contributed by atoms with Gasteiger partial charge in [0.25, 0.3) is 0 Å². The second-order valence-electron chi connectivity index (χ2n) is 3.48. The monoisotopic (exact) mass is 255 g/mol. The second kappa shape index (κ2) is 5.45. The van der Waals surface area contributed by atoms with Gasteiger partial charge in [0.05, 0.1) is 0 Å². The Hall–Kier alpha value is -1.88. The molecule has 92 valence electrons. The number of nitrogens with one attached hydrogen (secondary N) is 1. The number of nitrogens with zero attached hydrogens (tertiary/aromatic N) is 1. The number of aromatic nitrogens is 1. The van der Waals surface area contributed by atoms with Gasteiger partial charge in [-0.25, -0.2) is 0 Å². The van der Waals surface area contributed by atoms with Gasteiger partial charge >= 0.3 is 0 Å². The Morgan fingerprint density at radius 1 is 1.47 bits per heavy atom. The Balaban J connectivity index is 0.00000144. The van der Waals surface area contributed by atoms with E-state index in [1.807, 2.05) is 30.5 Å². The van der Waals surface area contributed by atoms with Crippen LogP contribution in [0, 0.1) is 0 Å². The maximum absolute atomic E-state index is 8.53. The molecule has 0 fully saturated rings. The lowest BCUT2D eigenvalue weighted by molar-refractivity contribution is 0.268. The summed E-state index contributed by atoms with van der Waals surface area (Å²) in [7, 11) is 0. The van der Waals surface area contributed by atoms with Gasteiger partial charge in [0, 0.05) is 17.1 Å². The van der Waals surface area contributed by atoms with E-state index in [0.29, 0.717) is 5.75 Å². The number of amidine groups is 1. The van der Waals surface area contributed by atoms with Crippen molar-refractivity contribution in [3.8, 4) is 5.75 Å². The van der Waals surface area contributed by atoms with Crippen molar-refractivity contribution in [2.45, 2.75) is 13.0 Å². The van der Waals surface area contributed by atoms with Crippen LogP contribution in [0.15, 0.2) is 35.6 Å². The molecule has 0 bridgehead atoms. The lowest BCUT2D eigenvalue weighted by Gasteiger charge is -2.13. The maximum Gasteiger partial charge on any atom is 0.180 e. The number of H-pyrrole nitrogens is 1. The van der Waals surface area contributed by atoms with Crippen LogP contribution in [0.25, 0.3) is 10.9 Å².